The van der Waals surface area contributed by atoms with Crippen molar-refractivity contribution in [2.75, 3.05) is 4.90 Å². The van der Waals surface area contributed by atoms with E-state index < -0.39 is 6.36 Å². The van der Waals surface area contributed by atoms with Gasteiger partial charge in [0.1, 0.15) is 5.75 Å². The summed E-state index contributed by atoms with van der Waals surface area (Å²) in [5.74, 6) is -0.571. The number of hydrogen-bond acceptors (Lipinski definition) is 2. The van der Waals surface area contributed by atoms with Gasteiger partial charge in [0.25, 0.3) is 5.91 Å². The highest BCUT2D eigenvalue weighted by Crippen LogP contribution is 2.31. The Morgan fingerprint density at radius 2 is 1.81 bits per heavy atom. The molecule has 0 fully saturated rings. The number of anilines is 1. The van der Waals surface area contributed by atoms with Crippen molar-refractivity contribution >= 4 is 11.6 Å². The van der Waals surface area contributed by atoms with E-state index in [1.807, 2.05) is 12.1 Å². The minimum Gasteiger partial charge on any atom is -0.406 e. The average Bonchev–Trinajstić information content (AvgIpc) is 2.75. The van der Waals surface area contributed by atoms with E-state index in [1.165, 1.54) is 23.1 Å². The summed E-state index contributed by atoms with van der Waals surface area (Å²) in [4.78, 5) is 13.7. The first-order chi connectivity index (χ1) is 9.94. The summed E-state index contributed by atoms with van der Waals surface area (Å²) in [6.45, 7) is 0.338. The van der Waals surface area contributed by atoms with Crippen molar-refractivity contribution in [1.82, 2.24) is 0 Å². The zero-order chi connectivity index (χ0) is 15.0. The second kappa shape index (κ2) is 4.80. The van der Waals surface area contributed by atoms with Gasteiger partial charge in [-0.05, 0) is 23.8 Å². The third kappa shape index (κ3) is 2.69. The fourth-order valence-electron chi connectivity index (χ4n) is 2.31. The van der Waals surface area contributed by atoms with Crippen LogP contribution in [0.1, 0.15) is 15.9 Å². The van der Waals surface area contributed by atoms with Crippen LogP contribution >= 0.6 is 0 Å². The van der Waals surface area contributed by atoms with Gasteiger partial charge in [-0.3, -0.25) is 4.79 Å². The van der Waals surface area contributed by atoms with Crippen molar-refractivity contribution in [3.63, 3.8) is 0 Å². The lowest BCUT2D eigenvalue weighted by Crippen LogP contribution is -2.23. The smallest absolute Gasteiger partial charge is 0.406 e. The normalized spacial score (nSPS) is 14.2. The number of rotatable bonds is 2. The summed E-state index contributed by atoms with van der Waals surface area (Å²) in [7, 11) is 0. The van der Waals surface area contributed by atoms with Gasteiger partial charge in [0, 0.05) is 17.3 Å². The van der Waals surface area contributed by atoms with E-state index in [0.29, 0.717) is 17.8 Å². The number of ether oxygens (including phenoxy) is 1. The third-order valence-electron chi connectivity index (χ3n) is 3.18. The first kappa shape index (κ1) is 13.5. The second-order valence-electron chi connectivity index (χ2n) is 4.59. The lowest BCUT2D eigenvalue weighted by atomic mass is 10.1. The van der Waals surface area contributed by atoms with Crippen LogP contribution in [0.3, 0.4) is 0 Å². The van der Waals surface area contributed by atoms with Crippen molar-refractivity contribution in [1.29, 1.82) is 0 Å². The van der Waals surface area contributed by atoms with Crippen LogP contribution in [0.2, 0.25) is 0 Å². The molecule has 0 spiro atoms. The molecule has 1 amide bonds. The number of carbonyl (C=O) groups is 1. The van der Waals surface area contributed by atoms with Crippen LogP contribution in [0.15, 0.2) is 48.5 Å². The molecule has 21 heavy (non-hydrogen) atoms. The van der Waals surface area contributed by atoms with Gasteiger partial charge in [0.2, 0.25) is 0 Å². The van der Waals surface area contributed by atoms with Crippen LogP contribution in [0.4, 0.5) is 18.9 Å². The van der Waals surface area contributed by atoms with Gasteiger partial charge in [-0.25, -0.2) is 0 Å². The van der Waals surface area contributed by atoms with Gasteiger partial charge in [-0.15, -0.1) is 13.2 Å². The maximum absolute atomic E-state index is 12.3. The van der Waals surface area contributed by atoms with Crippen LogP contribution in [0.25, 0.3) is 0 Å². The van der Waals surface area contributed by atoms with Crippen molar-refractivity contribution in [3.8, 4) is 5.75 Å². The average molecular weight is 293 g/mol. The van der Waals surface area contributed by atoms with E-state index in [0.717, 1.165) is 5.56 Å². The predicted octanol–water partition coefficient (Wildman–Crippen LogP) is 3.75. The van der Waals surface area contributed by atoms with E-state index >= 15 is 0 Å². The highest BCUT2D eigenvalue weighted by molar-refractivity contribution is 6.10. The fourth-order valence-corrected chi connectivity index (χ4v) is 2.31. The van der Waals surface area contributed by atoms with Gasteiger partial charge in [-0.1, -0.05) is 24.3 Å². The number of fused-ring (bicyclic) bond motifs is 1. The quantitative estimate of drug-likeness (QED) is 0.844. The molecular formula is C15H10F3NO2. The summed E-state index contributed by atoms with van der Waals surface area (Å²) in [5.41, 5.74) is 1.79. The Balaban J connectivity index is 1.89. The van der Waals surface area contributed by atoms with Crippen molar-refractivity contribution < 1.29 is 22.7 Å². The maximum atomic E-state index is 12.3. The highest BCUT2D eigenvalue weighted by Gasteiger charge is 2.32. The van der Waals surface area contributed by atoms with Gasteiger partial charge >= 0.3 is 6.36 Å². The summed E-state index contributed by atoms with van der Waals surface area (Å²) < 4.78 is 40.6. The monoisotopic (exact) mass is 293 g/mol. The molecule has 2 aromatic carbocycles. The van der Waals surface area contributed by atoms with E-state index in [2.05, 4.69) is 4.74 Å². The van der Waals surface area contributed by atoms with E-state index in [-0.39, 0.29) is 11.7 Å². The molecule has 3 nitrogen and oxygen atoms in total. The maximum Gasteiger partial charge on any atom is 0.573 e. The first-order valence-electron chi connectivity index (χ1n) is 6.20. The zero-order valence-electron chi connectivity index (χ0n) is 10.7. The van der Waals surface area contributed by atoms with Gasteiger partial charge in [-0.2, -0.15) is 0 Å². The molecule has 108 valence electrons. The highest BCUT2D eigenvalue weighted by atomic mass is 19.4. The summed E-state index contributed by atoms with van der Waals surface area (Å²) in [6, 6.07) is 12.5. The summed E-state index contributed by atoms with van der Waals surface area (Å²) in [5, 5.41) is 0. The second-order valence-corrected chi connectivity index (χ2v) is 4.59. The van der Waals surface area contributed by atoms with Crippen LogP contribution in [0.5, 0.6) is 5.75 Å². The number of nitrogens with zero attached hydrogens (tertiary/aromatic N) is 1. The molecule has 6 heteroatoms. The standard InChI is InChI=1S/C15H10F3NO2/c16-15(17,18)21-12-6-3-5-11(8-12)19-9-10-4-1-2-7-13(10)14(19)20/h1-8H,9H2. The third-order valence-corrected chi connectivity index (χ3v) is 3.18. The molecule has 1 heterocycles. The fraction of sp³-hybridized carbons (Fsp3) is 0.133. The number of benzene rings is 2. The van der Waals surface area contributed by atoms with Crippen LogP contribution in [-0.2, 0) is 6.54 Å². The summed E-state index contributed by atoms with van der Waals surface area (Å²) in [6.07, 6.45) is -4.75. The molecule has 1 aliphatic heterocycles. The Morgan fingerprint density at radius 3 is 2.52 bits per heavy atom. The Morgan fingerprint density at radius 1 is 1.05 bits per heavy atom. The molecule has 3 rings (SSSR count). The molecule has 0 aromatic heterocycles. The molecule has 0 unspecified atom stereocenters. The topological polar surface area (TPSA) is 29.5 Å². The van der Waals surface area contributed by atoms with Crippen molar-refractivity contribution in [3.05, 3.63) is 59.7 Å². The molecule has 0 saturated carbocycles. The van der Waals surface area contributed by atoms with Crippen LogP contribution in [-0.4, -0.2) is 12.3 Å². The molecule has 0 atom stereocenters. The van der Waals surface area contributed by atoms with E-state index in [4.69, 9.17) is 0 Å². The Bertz CT molecular complexity index is 697. The van der Waals surface area contributed by atoms with Crippen LogP contribution < -0.4 is 9.64 Å². The predicted molar refractivity (Wildman–Crippen MR) is 70.1 cm³/mol. The SMILES string of the molecule is O=C1c2ccccc2CN1c1cccc(OC(F)(F)F)c1. The number of carbonyl (C=O) groups excluding carboxylic acids is 1. The molecule has 0 bridgehead atoms. The Hall–Kier alpha value is -2.50. The Kier molecular flexibility index (Phi) is 3.08. The van der Waals surface area contributed by atoms with E-state index in [9.17, 15) is 18.0 Å². The Labute approximate surface area is 118 Å². The minimum atomic E-state index is -4.75. The number of amides is 1. The minimum absolute atomic E-state index is 0.227. The first-order valence-corrected chi connectivity index (χ1v) is 6.20. The number of alkyl halides is 3. The molecular weight excluding hydrogens is 283 g/mol. The van der Waals surface area contributed by atoms with Gasteiger partial charge in [0.05, 0.1) is 6.54 Å². The van der Waals surface area contributed by atoms with E-state index in [1.54, 1.807) is 18.2 Å². The largest absolute Gasteiger partial charge is 0.573 e. The van der Waals surface area contributed by atoms with Crippen molar-refractivity contribution in [2.45, 2.75) is 12.9 Å². The molecule has 0 saturated heterocycles. The number of halogens is 3. The molecule has 0 aliphatic carbocycles. The van der Waals surface area contributed by atoms with Gasteiger partial charge < -0.3 is 9.64 Å². The molecule has 2 aromatic rings. The molecule has 0 N–H and O–H groups in total. The van der Waals surface area contributed by atoms with Gasteiger partial charge in [0.15, 0.2) is 0 Å². The van der Waals surface area contributed by atoms with Crippen LogP contribution in [0, 0.1) is 0 Å². The molecule has 1 aliphatic rings. The summed E-state index contributed by atoms with van der Waals surface area (Å²) >= 11 is 0. The zero-order valence-corrected chi connectivity index (χ0v) is 10.7. The lowest BCUT2D eigenvalue weighted by Gasteiger charge is -2.17. The van der Waals surface area contributed by atoms with Crippen molar-refractivity contribution in [2.24, 2.45) is 0 Å². The number of hydrogen-bond donors (Lipinski definition) is 0. The lowest BCUT2D eigenvalue weighted by molar-refractivity contribution is -0.274. The molecule has 0 radical (unpaired) electrons.